The average Bonchev–Trinajstić information content (AvgIpc) is 2.39. The third kappa shape index (κ3) is 4.75. The first kappa shape index (κ1) is 16.9. The van der Waals surface area contributed by atoms with Gasteiger partial charge in [-0.1, -0.05) is 26.0 Å². The molecular weight excluding hydrogens is 272 g/mol. The van der Waals surface area contributed by atoms with E-state index < -0.39 is 9.84 Å². The van der Waals surface area contributed by atoms with E-state index in [0.29, 0.717) is 23.7 Å². The standard InChI is InChI=1S/C16H24O3S/c1-4-12-20(18,19)16-10-8-15(9-11-16)14(5-2)7-6-13(3)17/h8-11,14H,4-7,12H2,1-3H3. The van der Waals surface area contributed by atoms with Gasteiger partial charge in [-0.05, 0) is 49.8 Å². The lowest BCUT2D eigenvalue weighted by Crippen LogP contribution is -2.06. The van der Waals surface area contributed by atoms with Gasteiger partial charge in [-0.3, -0.25) is 0 Å². The minimum absolute atomic E-state index is 0.188. The van der Waals surface area contributed by atoms with E-state index in [1.807, 2.05) is 19.1 Å². The van der Waals surface area contributed by atoms with Crippen LogP contribution in [0.3, 0.4) is 0 Å². The van der Waals surface area contributed by atoms with Crippen molar-refractivity contribution in [3.8, 4) is 0 Å². The van der Waals surface area contributed by atoms with Gasteiger partial charge in [0.2, 0.25) is 0 Å². The van der Waals surface area contributed by atoms with Crippen molar-refractivity contribution in [1.82, 2.24) is 0 Å². The number of rotatable bonds is 8. The normalized spacial score (nSPS) is 13.2. The van der Waals surface area contributed by atoms with Crippen molar-refractivity contribution < 1.29 is 13.2 Å². The largest absolute Gasteiger partial charge is 0.300 e. The van der Waals surface area contributed by atoms with E-state index in [9.17, 15) is 13.2 Å². The maximum Gasteiger partial charge on any atom is 0.178 e. The summed E-state index contributed by atoms with van der Waals surface area (Å²) in [6.07, 6.45) is 2.98. The summed E-state index contributed by atoms with van der Waals surface area (Å²) in [6, 6.07) is 7.15. The van der Waals surface area contributed by atoms with Crippen LogP contribution >= 0.6 is 0 Å². The molecule has 1 aromatic rings. The van der Waals surface area contributed by atoms with Crippen LogP contribution in [0, 0.1) is 0 Å². The van der Waals surface area contributed by atoms with Gasteiger partial charge in [0, 0.05) is 6.42 Å². The fraction of sp³-hybridized carbons (Fsp3) is 0.562. The summed E-state index contributed by atoms with van der Waals surface area (Å²) in [5.74, 6) is 0.709. The van der Waals surface area contributed by atoms with Crippen LogP contribution in [0.25, 0.3) is 0 Å². The highest BCUT2D eigenvalue weighted by atomic mass is 32.2. The Morgan fingerprint density at radius 2 is 1.75 bits per heavy atom. The van der Waals surface area contributed by atoms with E-state index >= 15 is 0 Å². The van der Waals surface area contributed by atoms with Crippen molar-refractivity contribution in [2.45, 2.75) is 57.3 Å². The van der Waals surface area contributed by atoms with Crippen LogP contribution in [0.5, 0.6) is 0 Å². The van der Waals surface area contributed by atoms with E-state index in [1.165, 1.54) is 0 Å². The molecule has 0 saturated heterocycles. The molecule has 1 rings (SSSR count). The molecule has 0 radical (unpaired) electrons. The van der Waals surface area contributed by atoms with Gasteiger partial charge in [-0.25, -0.2) is 8.42 Å². The molecular formula is C16H24O3S. The third-order valence-electron chi connectivity index (χ3n) is 3.52. The summed E-state index contributed by atoms with van der Waals surface area (Å²) < 4.78 is 23.9. The Labute approximate surface area is 122 Å². The second kappa shape index (κ2) is 7.58. The first-order valence-corrected chi connectivity index (χ1v) is 8.88. The molecule has 0 amide bonds. The van der Waals surface area contributed by atoms with Gasteiger partial charge in [-0.2, -0.15) is 0 Å². The summed E-state index contributed by atoms with van der Waals surface area (Å²) in [6.45, 7) is 5.56. The maximum absolute atomic E-state index is 12.0. The Hall–Kier alpha value is -1.16. The molecule has 1 aromatic carbocycles. The van der Waals surface area contributed by atoms with Crippen molar-refractivity contribution in [2.24, 2.45) is 0 Å². The lowest BCUT2D eigenvalue weighted by Gasteiger charge is -2.15. The first-order valence-electron chi connectivity index (χ1n) is 7.22. The molecule has 0 aliphatic rings. The van der Waals surface area contributed by atoms with E-state index in [2.05, 4.69) is 6.92 Å². The van der Waals surface area contributed by atoms with Crippen molar-refractivity contribution in [2.75, 3.05) is 5.75 Å². The Balaban J connectivity index is 2.86. The molecule has 0 N–H and O–H groups in total. The SMILES string of the molecule is CCCS(=O)(=O)c1ccc(C(CC)CCC(C)=O)cc1. The molecule has 0 spiro atoms. The second-order valence-electron chi connectivity index (χ2n) is 5.23. The smallest absolute Gasteiger partial charge is 0.178 e. The number of hydrogen-bond acceptors (Lipinski definition) is 3. The number of sulfone groups is 1. The molecule has 0 heterocycles. The van der Waals surface area contributed by atoms with Gasteiger partial charge in [0.25, 0.3) is 0 Å². The molecule has 1 atom stereocenters. The molecule has 0 saturated carbocycles. The molecule has 112 valence electrons. The zero-order valence-corrected chi connectivity index (χ0v) is 13.4. The van der Waals surface area contributed by atoms with Gasteiger partial charge >= 0.3 is 0 Å². The Kier molecular flexibility index (Phi) is 6.40. The molecule has 3 nitrogen and oxygen atoms in total. The quantitative estimate of drug-likeness (QED) is 0.734. The van der Waals surface area contributed by atoms with Crippen LogP contribution in [0.2, 0.25) is 0 Å². The monoisotopic (exact) mass is 296 g/mol. The van der Waals surface area contributed by atoms with Gasteiger partial charge in [0.1, 0.15) is 5.78 Å². The van der Waals surface area contributed by atoms with Crippen molar-refractivity contribution >= 4 is 15.6 Å². The summed E-state index contributed by atoms with van der Waals surface area (Å²) in [4.78, 5) is 11.5. The number of carbonyl (C=O) groups is 1. The van der Waals surface area contributed by atoms with Crippen molar-refractivity contribution in [3.05, 3.63) is 29.8 Å². The molecule has 0 aliphatic carbocycles. The highest BCUT2D eigenvalue weighted by Crippen LogP contribution is 2.26. The molecule has 4 heteroatoms. The van der Waals surface area contributed by atoms with Crippen LogP contribution in [0.4, 0.5) is 0 Å². The van der Waals surface area contributed by atoms with Crippen LogP contribution in [0.15, 0.2) is 29.2 Å². The minimum Gasteiger partial charge on any atom is -0.300 e. The van der Waals surface area contributed by atoms with Crippen molar-refractivity contribution in [1.29, 1.82) is 0 Å². The molecule has 0 fully saturated rings. The zero-order chi connectivity index (χ0) is 15.2. The predicted octanol–water partition coefficient (Wildman–Crippen LogP) is 3.73. The topological polar surface area (TPSA) is 51.2 Å². The fourth-order valence-electron chi connectivity index (χ4n) is 2.32. The van der Waals surface area contributed by atoms with Crippen molar-refractivity contribution in [3.63, 3.8) is 0 Å². The lowest BCUT2D eigenvalue weighted by molar-refractivity contribution is -0.117. The summed E-state index contributed by atoms with van der Waals surface area (Å²) in [5, 5.41) is 0. The second-order valence-corrected chi connectivity index (χ2v) is 7.34. The van der Waals surface area contributed by atoms with Gasteiger partial charge in [-0.15, -0.1) is 0 Å². The first-order chi connectivity index (χ1) is 9.40. The van der Waals surface area contributed by atoms with Crippen LogP contribution in [0.1, 0.15) is 57.9 Å². The minimum atomic E-state index is -3.14. The Morgan fingerprint density at radius 3 is 2.20 bits per heavy atom. The number of Topliss-reactive ketones (excluding diaryl/α,β-unsaturated/α-hetero) is 1. The van der Waals surface area contributed by atoms with E-state index in [-0.39, 0.29) is 11.5 Å². The number of ketones is 1. The van der Waals surface area contributed by atoms with Crippen LogP contribution in [-0.4, -0.2) is 20.0 Å². The molecule has 0 bridgehead atoms. The number of carbonyl (C=O) groups excluding carboxylic acids is 1. The summed E-state index contributed by atoms with van der Waals surface area (Å²) in [5.41, 5.74) is 1.11. The molecule has 0 aliphatic heterocycles. The van der Waals surface area contributed by atoms with Gasteiger partial charge in [0.05, 0.1) is 10.6 Å². The molecule has 1 unspecified atom stereocenters. The predicted molar refractivity (Wildman–Crippen MR) is 81.7 cm³/mol. The Morgan fingerprint density at radius 1 is 1.15 bits per heavy atom. The van der Waals surface area contributed by atoms with E-state index in [0.717, 1.165) is 18.4 Å². The van der Waals surface area contributed by atoms with E-state index in [1.54, 1.807) is 19.1 Å². The Bertz CT molecular complexity index is 529. The van der Waals surface area contributed by atoms with Gasteiger partial charge in [0.15, 0.2) is 9.84 Å². The average molecular weight is 296 g/mol. The number of benzene rings is 1. The van der Waals surface area contributed by atoms with Crippen LogP contribution in [-0.2, 0) is 14.6 Å². The van der Waals surface area contributed by atoms with Crippen LogP contribution < -0.4 is 0 Å². The summed E-state index contributed by atoms with van der Waals surface area (Å²) in [7, 11) is -3.14. The third-order valence-corrected chi connectivity index (χ3v) is 5.46. The summed E-state index contributed by atoms with van der Waals surface area (Å²) >= 11 is 0. The van der Waals surface area contributed by atoms with E-state index in [4.69, 9.17) is 0 Å². The van der Waals surface area contributed by atoms with Gasteiger partial charge < -0.3 is 4.79 Å². The zero-order valence-electron chi connectivity index (χ0n) is 12.6. The maximum atomic E-state index is 12.0. The number of hydrogen-bond donors (Lipinski definition) is 0. The highest BCUT2D eigenvalue weighted by molar-refractivity contribution is 7.91. The lowest BCUT2D eigenvalue weighted by atomic mass is 9.91. The fourth-order valence-corrected chi connectivity index (χ4v) is 3.64. The molecule has 20 heavy (non-hydrogen) atoms. The molecule has 0 aromatic heterocycles. The highest BCUT2D eigenvalue weighted by Gasteiger charge is 2.15.